The molecule has 2 aliphatic heterocycles. The fraction of sp³-hybridized carbons (Fsp3) is 0.500. The molecule has 2 fully saturated rings. The van der Waals surface area contributed by atoms with Crippen LogP contribution in [0.2, 0.25) is 5.02 Å². The first-order valence-electron chi connectivity index (χ1n) is 15.2. The summed E-state index contributed by atoms with van der Waals surface area (Å²) >= 11 is 6.59. The van der Waals surface area contributed by atoms with Gasteiger partial charge in [-0.2, -0.15) is 5.10 Å². The van der Waals surface area contributed by atoms with Gasteiger partial charge in [0, 0.05) is 65.4 Å². The van der Waals surface area contributed by atoms with Crippen molar-refractivity contribution in [1.29, 1.82) is 0 Å². The quantitative estimate of drug-likeness (QED) is 0.269. The van der Waals surface area contributed by atoms with Crippen LogP contribution >= 0.6 is 11.6 Å². The summed E-state index contributed by atoms with van der Waals surface area (Å²) in [6.07, 6.45) is 3.64. The number of benzene rings is 2. The van der Waals surface area contributed by atoms with Crippen LogP contribution in [0.5, 0.6) is 17.2 Å². The van der Waals surface area contributed by atoms with Crippen molar-refractivity contribution >= 4 is 23.0 Å². The molecule has 0 amide bonds. The lowest BCUT2D eigenvalue weighted by atomic mass is 10.2. The van der Waals surface area contributed by atoms with Crippen molar-refractivity contribution in [3.8, 4) is 17.2 Å². The zero-order chi connectivity index (χ0) is 30.0. The molecule has 5 rings (SSSR count). The van der Waals surface area contributed by atoms with Crippen molar-refractivity contribution in [2.45, 2.75) is 19.4 Å². The summed E-state index contributed by atoms with van der Waals surface area (Å²) in [5.41, 5.74) is 1.67. The number of aryl methyl sites for hydroxylation is 1. The number of para-hydroxylation sites is 4. The molecule has 0 aliphatic carbocycles. The van der Waals surface area contributed by atoms with E-state index in [-0.39, 0.29) is 10.6 Å². The fourth-order valence-electron chi connectivity index (χ4n) is 5.77. The van der Waals surface area contributed by atoms with Gasteiger partial charge in [-0.1, -0.05) is 35.9 Å². The highest BCUT2D eigenvalue weighted by molar-refractivity contribution is 6.33. The van der Waals surface area contributed by atoms with Crippen LogP contribution in [0.1, 0.15) is 12.8 Å². The van der Waals surface area contributed by atoms with Gasteiger partial charge in [-0.25, -0.2) is 4.68 Å². The second-order valence-electron chi connectivity index (χ2n) is 10.9. The Kier molecular flexibility index (Phi) is 11.0. The van der Waals surface area contributed by atoms with Crippen LogP contribution in [0.4, 0.5) is 11.4 Å². The van der Waals surface area contributed by atoms with E-state index in [9.17, 15) is 4.79 Å². The number of piperazine rings is 2. The third-order valence-corrected chi connectivity index (χ3v) is 8.66. The van der Waals surface area contributed by atoms with Crippen molar-refractivity contribution in [2.75, 3.05) is 96.1 Å². The molecule has 232 valence electrons. The molecule has 0 spiro atoms. The van der Waals surface area contributed by atoms with Gasteiger partial charge in [0.1, 0.15) is 17.4 Å². The molecule has 43 heavy (non-hydrogen) atoms. The number of nitrogens with zero attached hydrogens (tertiary/aromatic N) is 6. The topological polar surface area (TPSA) is 75.5 Å². The molecule has 3 heterocycles. The van der Waals surface area contributed by atoms with E-state index in [1.54, 1.807) is 20.4 Å². The molecule has 10 nitrogen and oxygen atoms in total. The van der Waals surface area contributed by atoms with Gasteiger partial charge in [-0.05, 0) is 43.7 Å². The highest BCUT2D eigenvalue weighted by Crippen LogP contribution is 2.29. The van der Waals surface area contributed by atoms with Crippen LogP contribution in [0.25, 0.3) is 0 Å². The molecule has 0 bridgehead atoms. The molecule has 0 radical (unpaired) electrons. The van der Waals surface area contributed by atoms with Crippen molar-refractivity contribution in [3.63, 3.8) is 0 Å². The van der Waals surface area contributed by atoms with Crippen LogP contribution in [-0.2, 0) is 6.54 Å². The normalized spacial score (nSPS) is 16.3. The maximum absolute atomic E-state index is 13.0. The summed E-state index contributed by atoms with van der Waals surface area (Å²) in [6.45, 7) is 10.2. The van der Waals surface area contributed by atoms with Crippen molar-refractivity contribution < 1.29 is 14.2 Å². The lowest BCUT2D eigenvalue weighted by molar-refractivity contribution is 0.197. The van der Waals surface area contributed by atoms with E-state index in [0.29, 0.717) is 13.2 Å². The van der Waals surface area contributed by atoms with Crippen molar-refractivity contribution in [3.05, 3.63) is 70.1 Å². The van der Waals surface area contributed by atoms with E-state index in [1.807, 2.05) is 36.4 Å². The van der Waals surface area contributed by atoms with Gasteiger partial charge in [-0.3, -0.25) is 14.6 Å². The standard InChI is InChI=1S/C32H43ClN6O4/c1-41-28-10-4-3-9-26(28)37-19-15-35(16-20-37)13-7-8-14-39-32(40)31(33)27(25-34-39)38-21-17-36(18-22-38)23-24-43-30-12-6-5-11-29(30)42-2/h3-6,9-12,25H,7-8,13-24H2,1-2H3. The molecule has 2 saturated heterocycles. The maximum atomic E-state index is 13.0. The number of unbranched alkanes of at least 4 members (excludes halogenated alkanes) is 1. The molecule has 0 N–H and O–H groups in total. The Morgan fingerprint density at radius 2 is 1.26 bits per heavy atom. The van der Waals surface area contributed by atoms with Crippen LogP contribution in [-0.4, -0.2) is 106 Å². The lowest BCUT2D eigenvalue weighted by Crippen LogP contribution is -2.48. The lowest BCUT2D eigenvalue weighted by Gasteiger charge is -2.36. The smallest absolute Gasteiger partial charge is 0.287 e. The minimum Gasteiger partial charge on any atom is -0.495 e. The first-order valence-corrected chi connectivity index (χ1v) is 15.5. The maximum Gasteiger partial charge on any atom is 0.287 e. The summed E-state index contributed by atoms with van der Waals surface area (Å²) in [6, 6.07) is 15.9. The summed E-state index contributed by atoms with van der Waals surface area (Å²) in [5.74, 6) is 2.42. The Balaban J connectivity index is 1.02. The number of hydrogen-bond acceptors (Lipinski definition) is 9. The number of ether oxygens (including phenoxy) is 3. The summed E-state index contributed by atoms with van der Waals surface area (Å²) in [7, 11) is 3.37. The van der Waals surface area contributed by atoms with Crippen LogP contribution < -0.4 is 29.6 Å². The van der Waals surface area contributed by atoms with Gasteiger partial charge in [-0.15, -0.1) is 0 Å². The number of methoxy groups -OCH3 is 2. The van der Waals surface area contributed by atoms with E-state index >= 15 is 0 Å². The van der Waals surface area contributed by atoms with E-state index in [4.69, 9.17) is 25.8 Å². The zero-order valence-electron chi connectivity index (χ0n) is 25.3. The highest BCUT2D eigenvalue weighted by atomic mass is 35.5. The van der Waals surface area contributed by atoms with Gasteiger partial charge in [0.05, 0.1) is 31.8 Å². The summed E-state index contributed by atoms with van der Waals surface area (Å²) in [5, 5.41) is 4.74. The predicted octanol–water partition coefficient (Wildman–Crippen LogP) is 3.72. The first-order chi connectivity index (χ1) is 21.1. The van der Waals surface area contributed by atoms with Gasteiger partial charge in [0.25, 0.3) is 5.56 Å². The van der Waals surface area contributed by atoms with E-state index < -0.39 is 0 Å². The monoisotopic (exact) mass is 610 g/mol. The molecule has 3 aromatic rings. The SMILES string of the molecule is COc1ccccc1OCCN1CCN(c2cnn(CCCCN3CCN(c4ccccc4OC)CC3)c(=O)c2Cl)CC1. The minimum atomic E-state index is -0.211. The molecule has 2 aromatic carbocycles. The average molecular weight is 611 g/mol. The van der Waals surface area contributed by atoms with E-state index in [1.165, 1.54) is 4.68 Å². The second-order valence-corrected chi connectivity index (χ2v) is 11.3. The number of anilines is 2. The van der Waals surface area contributed by atoms with E-state index in [0.717, 1.165) is 107 Å². The summed E-state index contributed by atoms with van der Waals surface area (Å²) < 4.78 is 18.3. The molecule has 0 unspecified atom stereocenters. The molecule has 1 aromatic heterocycles. The third kappa shape index (κ3) is 7.93. The van der Waals surface area contributed by atoms with Gasteiger partial charge < -0.3 is 24.0 Å². The van der Waals surface area contributed by atoms with Gasteiger partial charge in [0.2, 0.25) is 0 Å². The average Bonchev–Trinajstić information content (AvgIpc) is 3.06. The number of halogens is 1. The predicted molar refractivity (Wildman–Crippen MR) is 172 cm³/mol. The van der Waals surface area contributed by atoms with Crippen LogP contribution in [0.3, 0.4) is 0 Å². The van der Waals surface area contributed by atoms with Gasteiger partial charge >= 0.3 is 0 Å². The highest BCUT2D eigenvalue weighted by Gasteiger charge is 2.22. The summed E-state index contributed by atoms with van der Waals surface area (Å²) in [4.78, 5) is 22.4. The van der Waals surface area contributed by atoms with Crippen LogP contribution in [0.15, 0.2) is 59.5 Å². The molecule has 0 atom stereocenters. The largest absolute Gasteiger partial charge is 0.495 e. The molecule has 11 heteroatoms. The zero-order valence-corrected chi connectivity index (χ0v) is 26.0. The Bertz CT molecular complexity index is 1370. The Labute approximate surface area is 259 Å². The van der Waals surface area contributed by atoms with Crippen molar-refractivity contribution in [1.82, 2.24) is 19.6 Å². The van der Waals surface area contributed by atoms with Crippen LogP contribution in [0, 0.1) is 0 Å². The molecule has 0 saturated carbocycles. The second kappa shape index (κ2) is 15.3. The molecular weight excluding hydrogens is 568 g/mol. The fourth-order valence-corrected chi connectivity index (χ4v) is 6.04. The Hall–Kier alpha value is -3.47. The number of hydrogen-bond donors (Lipinski definition) is 0. The third-order valence-electron chi connectivity index (χ3n) is 8.31. The Morgan fingerprint density at radius 1 is 0.698 bits per heavy atom. The molecule has 2 aliphatic rings. The Morgan fingerprint density at radius 3 is 1.93 bits per heavy atom. The molecular formula is C32H43ClN6O4. The number of aromatic nitrogens is 2. The first kappa shape index (κ1) is 31.0. The van der Waals surface area contributed by atoms with Crippen molar-refractivity contribution in [2.24, 2.45) is 0 Å². The van der Waals surface area contributed by atoms with Gasteiger partial charge in [0.15, 0.2) is 11.5 Å². The minimum absolute atomic E-state index is 0.211. The van der Waals surface area contributed by atoms with E-state index in [2.05, 4.69) is 36.8 Å². The number of rotatable bonds is 13.